The lowest BCUT2D eigenvalue weighted by atomic mass is 9.99. The highest BCUT2D eigenvalue weighted by molar-refractivity contribution is 5.80. The largest absolute Gasteiger partial charge is 0.481 e. The molecule has 116 valence electrons. The Kier molecular flexibility index (Phi) is 5.53. The van der Waals surface area contributed by atoms with Gasteiger partial charge < -0.3 is 10.0 Å². The van der Waals surface area contributed by atoms with Crippen molar-refractivity contribution in [3.8, 4) is 0 Å². The number of aryl methyl sites for hydroxylation is 2. The van der Waals surface area contributed by atoms with Crippen molar-refractivity contribution in [2.24, 2.45) is 0 Å². The second-order valence-corrected chi connectivity index (χ2v) is 6.47. The van der Waals surface area contributed by atoms with E-state index in [0.29, 0.717) is 6.42 Å². The summed E-state index contributed by atoms with van der Waals surface area (Å²) in [7, 11) is 0. The first-order valence-corrected chi connectivity index (χ1v) is 7.19. The molecule has 0 aliphatic carbocycles. The summed E-state index contributed by atoms with van der Waals surface area (Å²) in [6, 6.07) is 6.05. The van der Waals surface area contributed by atoms with E-state index in [-0.39, 0.29) is 24.4 Å². The summed E-state index contributed by atoms with van der Waals surface area (Å²) in [6.07, 6.45) is 0.278. The van der Waals surface area contributed by atoms with Gasteiger partial charge in [0.15, 0.2) is 0 Å². The van der Waals surface area contributed by atoms with Gasteiger partial charge in [0, 0.05) is 12.1 Å². The molecule has 0 bridgehead atoms. The lowest BCUT2D eigenvalue weighted by Gasteiger charge is -2.35. The summed E-state index contributed by atoms with van der Waals surface area (Å²) in [4.78, 5) is 25.0. The quantitative estimate of drug-likeness (QED) is 0.907. The van der Waals surface area contributed by atoms with Crippen molar-refractivity contribution < 1.29 is 14.7 Å². The summed E-state index contributed by atoms with van der Waals surface area (Å²) in [5.41, 5.74) is 2.83. The molecular weight excluding hydrogens is 266 g/mol. The molecule has 0 atom stereocenters. The lowest BCUT2D eigenvalue weighted by Crippen LogP contribution is -2.47. The van der Waals surface area contributed by atoms with Gasteiger partial charge in [-0.25, -0.2) is 0 Å². The normalized spacial score (nSPS) is 11.3. The number of amides is 1. The molecule has 0 aromatic heterocycles. The second kappa shape index (κ2) is 6.74. The Hall–Kier alpha value is -1.84. The molecule has 4 nitrogen and oxygen atoms in total. The van der Waals surface area contributed by atoms with Gasteiger partial charge in [0.2, 0.25) is 5.91 Å². The molecule has 21 heavy (non-hydrogen) atoms. The molecule has 4 heteroatoms. The first kappa shape index (κ1) is 17.2. The molecule has 0 saturated heterocycles. The van der Waals surface area contributed by atoms with Gasteiger partial charge >= 0.3 is 5.97 Å². The van der Waals surface area contributed by atoms with Gasteiger partial charge in [-0.2, -0.15) is 0 Å². The van der Waals surface area contributed by atoms with Crippen LogP contribution in [0.2, 0.25) is 0 Å². The Morgan fingerprint density at radius 2 is 1.81 bits per heavy atom. The molecule has 0 fully saturated rings. The van der Waals surface area contributed by atoms with E-state index in [1.807, 2.05) is 52.8 Å². The molecule has 1 rings (SSSR count). The van der Waals surface area contributed by atoms with E-state index in [1.54, 1.807) is 4.90 Å². The van der Waals surface area contributed by atoms with Crippen molar-refractivity contribution >= 4 is 11.9 Å². The topological polar surface area (TPSA) is 57.6 Å². The highest BCUT2D eigenvalue weighted by Gasteiger charge is 2.26. The van der Waals surface area contributed by atoms with Crippen molar-refractivity contribution in [3.63, 3.8) is 0 Å². The number of carboxylic acids is 1. The Morgan fingerprint density at radius 1 is 1.19 bits per heavy atom. The molecule has 1 amide bonds. The van der Waals surface area contributed by atoms with E-state index in [0.717, 1.165) is 16.7 Å². The number of carbonyl (C=O) groups excluding carboxylic acids is 1. The number of rotatable bonds is 5. The van der Waals surface area contributed by atoms with E-state index < -0.39 is 5.97 Å². The Bertz CT molecular complexity index is 529. The van der Waals surface area contributed by atoms with E-state index in [1.165, 1.54) is 0 Å². The average Bonchev–Trinajstić information content (AvgIpc) is 2.32. The van der Waals surface area contributed by atoms with Gasteiger partial charge in [0.1, 0.15) is 0 Å². The second-order valence-electron chi connectivity index (χ2n) is 6.47. The smallest absolute Gasteiger partial charge is 0.305 e. The minimum absolute atomic E-state index is 0.0301. The molecule has 0 radical (unpaired) electrons. The maximum absolute atomic E-state index is 12.6. The minimum atomic E-state index is -0.885. The SMILES string of the molecule is Cc1ccc(C)c(CC(=O)N(CCC(=O)O)C(C)(C)C)c1. The zero-order valence-electron chi connectivity index (χ0n) is 13.6. The van der Waals surface area contributed by atoms with Crippen molar-refractivity contribution in [1.82, 2.24) is 4.90 Å². The Labute approximate surface area is 126 Å². The Morgan fingerprint density at radius 3 is 2.33 bits per heavy atom. The third kappa shape index (κ3) is 5.21. The van der Waals surface area contributed by atoms with Gasteiger partial charge in [-0.1, -0.05) is 23.8 Å². The van der Waals surface area contributed by atoms with Crippen LogP contribution in [0.15, 0.2) is 18.2 Å². The Balaban J connectivity index is 2.90. The first-order valence-electron chi connectivity index (χ1n) is 7.19. The number of benzene rings is 1. The standard InChI is InChI=1S/C17H25NO3/c1-12-6-7-13(2)14(10-12)11-15(19)18(17(3,4)5)9-8-16(20)21/h6-7,10H,8-9,11H2,1-5H3,(H,20,21). The maximum atomic E-state index is 12.6. The van der Waals surface area contributed by atoms with Gasteiger partial charge in [-0.05, 0) is 45.7 Å². The van der Waals surface area contributed by atoms with Crippen LogP contribution in [0.3, 0.4) is 0 Å². The molecule has 0 heterocycles. The average molecular weight is 291 g/mol. The van der Waals surface area contributed by atoms with Crippen LogP contribution < -0.4 is 0 Å². The third-order valence-electron chi connectivity index (χ3n) is 3.51. The molecule has 0 saturated carbocycles. The van der Waals surface area contributed by atoms with Crippen molar-refractivity contribution in [3.05, 3.63) is 34.9 Å². The summed E-state index contributed by atoms with van der Waals surface area (Å²) in [6.45, 7) is 10.0. The van der Waals surface area contributed by atoms with Crippen LogP contribution in [-0.2, 0) is 16.0 Å². The highest BCUT2D eigenvalue weighted by Crippen LogP contribution is 2.18. The first-order chi connectivity index (χ1) is 9.61. The number of carbonyl (C=O) groups is 2. The van der Waals surface area contributed by atoms with Crippen LogP contribution in [0.4, 0.5) is 0 Å². The molecular formula is C17H25NO3. The molecule has 0 spiro atoms. The van der Waals surface area contributed by atoms with Gasteiger partial charge in [0.05, 0.1) is 12.8 Å². The molecule has 1 N–H and O–H groups in total. The van der Waals surface area contributed by atoms with Crippen LogP contribution >= 0.6 is 0 Å². The monoisotopic (exact) mass is 291 g/mol. The van der Waals surface area contributed by atoms with Gasteiger partial charge in [-0.3, -0.25) is 9.59 Å². The van der Waals surface area contributed by atoms with Crippen molar-refractivity contribution in [2.75, 3.05) is 6.54 Å². The zero-order chi connectivity index (χ0) is 16.2. The summed E-state index contributed by atoms with van der Waals surface area (Å²) < 4.78 is 0. The predicted molar refractivity (Wildman–Crippen MR) is 83.3 cm³/mol. The summed E-state index contributed by atoms with van der Waals surface area (Å²) in [5, 5.41) is 8.84. The van der Waals surface area contributed by atoms with Crippen molar-refractivity contribution in [2.45, 2.75) is 53.0 Å². The lowest BCUT2D eigenvalue weighted by molar-refractivity contribution is -0.140. The van der Waals surface area contributed by atoms with Crippen LogP contribution in [0.1, 0.15) is 43.9 Å². The highest BCUT2D eigenvalue weighted by atomic mass is 16.4. The fourth-order valence-corrected chi connectivity index (χ4v) is 2.29. The summed E-state index contributed by atoms with van der Waals surface area (Å²) in [5.74, 6) is -0.916. The number of aliphatic carboxylic acids is 1. The minimum Gasteiger partial charge on any atom is -0.481 e. The van der Waals surface area contributed by atoms with E-state index in [2.05, 4.69) is 0 Å². The maximum Gasteiger partial charge on any atom is 0.305 e. The van der Waals surface area contributed by atoms with Crippen LogP contribution in [0, 0.1) is 13.8 Å². The molecule has 0 unspecified atom stereocenters. The number of nitrogens with zero attached hydrogens (tertiary/aromatic N) is 1. The fourth-order valence-electron chi connectivity index (χ4n) is 2.29. The van der Waals surface area contributed by atoms with E-state index in [9.17, 15) is 9.59 Å². The van der Waals surface area contributed by atoms with E-state index in [4.69, 9.17) is 5.11 Å². The van der Waals surface area contributed by atoms with Crippen LogP contribution in [0.5, 0.6) is 0 Å². The van der Waals surface area contributed by atoms with Crippen LogP contribution in [-0.4, -0.2) is 34.0 Å². The third-order valence-corrected chi connectivity index (χ3v) is 3.51. The van der Waals surface area contributed by atoms with Crippen LogP contribution in [0.25, 0.3) is 0 Å². The fraction of sp³-hybridized carbons (Fsp3) is 0.529. The van der Waals surface area contributed by atoms with E-state index >= 15 is 0 Å². The van der Waals surface area contributed by atoms with Crippen molar-refractivity contribution in [1.29, 1.82) is 0 Å². The number of hydrogen-bond acceptors (Lipinski definition) is 2. The number of carboxylic acid groups (broad SMARTS) is 1. The predicted octanol–water partition coefficient (Wildman–Crippen LogP) is 2.95. The molecule has 0 aliphatic heterocycles. The number of hydrogen-bond donors (Lipinski definition) is 1. The molecule has 0 aliphatic rings. The summed E-state index contributed by atoms with van der Waals surface area (Å²) >= 11 is 0. The van der Waals surface area contributed by atoms with Gasteiger partial charge in [-0.15, -0.1) is 0 Å². The zero-order valence-corrected chi connectivity index (χ0v) is 13.6. The molecule has 1 aromatic rings. The molecule has 1 aromatic carbocycles. The van der Waals surface area contributed by atoms with Gasteiger partial charge in [0.25, 0.3) is 0 Å².